The molecule has 0 aromatic carbocycles. The summed E-state index contributed by atoms with van der Waals surface area (Å²) in [5.74, 6) is -0.584. The minimum absolute atomic E-state index is 0.292. The van der Waals surface area contributed by atoms with Gasteiger partial charge in [0.2, 0.25) is 0 Å². The molecule has 12 heavy (non-hydrogen) atoms. The van der Waals surface area contributed by atoms with Crippen molar-refractivity contribution in [3.63, 3.8) is 0 Å². The fourth-order valence-corrected chi connectivity index (χ4v) is 1.11. The SMILES string of the molecule is O=C1C=CC(=O)N1c1cc[nH]c1. The molecule has 1 aromatic rings. The van der Waals surface area contributed by atoms with Crippen molar-refractivity contribution >= 4 is 17.5 Å². The lowest BCUT2D eigenvalue weighted by molar-refractivity contribution is -0.119. The molecule has 1 N–H and O–H groups in total. The summed E-state index contributed by atoms with van der Waals surface area (Å²) in [6.07, 6.45) is 5.78. The van der Waals surface area contributed by atoms with Gasteiger partial charge in [-0.15, -0.1) is 0 Å². The maximum Gasteiger partial charge on any atom is 0.258 e. The van der Waals surface area contributed by atoms with Crippen molar-refractivity contribution in [3.05, 3.63) is 30.6 Å². The van der Waals surface area contributed by atoms with Gasteiger partial charge in [0, 0.05) is 24.5 Å². The molecule has 1 aliphatic rings. The highest BCUT2D eigenvalue weighted by Crippen LogP contribution is 2.16. The molecule has 0 saturated carbocycles. The van der Waals surface area contributed by atoms with Crippen LogP contribution in [0.4, 0.5) is 5.69 Å². The Morgan fingerprint density at radius 1 is 1.17 bits per heavy atom. The number of nitrogens with zero attached hydrogens (tertiary/aromatic N) is 1. The standard InChI is InChI=1S/C8H6N2O2/c11-7-1-2-8(12)10(7)6-3-4-9-5-6/h1-5,9H. The van der Waals surface area contributed by atoms with E-state index in [2.05, 4.69) is 4.98 Å². The number of hydrogen-bond donors (Lipinski definition) is 1. The monoisotopic (exact) mass is 162 g/mol. The number of aromatic nitrogens is 1. The topological polar surface area (TPSA) is 53.2 Å². The number of carbonyl (C=O) groups excluding carboxylic acids is 2. The Bertz CT molecular complexity index is 333. The third-order valence-corrected chi connectivity index (χ3v) is 1.65. The van der Waals surface area contributed by atoms with E-state index in [9.17, 15) is 9.59 Å². The summed E-state index contributed by atoms with van der Waals surface area (Å²) in [6.45, 7) is 0. The lowest BCUT2D eigenvalue weighted by atomic mass is 10.4. The Kier molecular flexibility index (Phi) is 1.33. The first-order chi connectivity index (χ1) is 5.79. The molecule has 1 aliphatic heterocycles. The minimum atomic E-state index is -0.292. The van der Waals surface area contributed by atoms with Gasteiger partial charge in [-0.1, -0.05) is 0 Å². The van der Waals surface area contributed by atoms with Gasteiger partial charge in [-0.2, -0.15) is 0 Å². The van der Waals surface area contributed by atoms with E-state index >= 15 is 0 Å². The van der Waals surface area contributed by atoms with E-state index in [4.69, 9.17) is 0 Å². The number of hydrogen-bond acceptors (Lipinski definition) is 2. The predicted octanol–water partition coefficient (Wildman–Crippen LogP) is 0.444. The molecule has 4 nitrogen and oxygen atoms in total. The zero-order valence-electron chi connectivity index (χ0n) is 6.15. The predicted molar refractivity (Wildman–Crippen MR) is 42.4 cm³/mol. The van der Waals surface area contributed by atoms with E-state index in [0.29, 0.717) is 5.69 Å². The molecule has 2 heterocycles. The van der Waals surface area contributed by atoms with Crippen molar-refractivity contribution in [1.82, 2.24) is 4.98 Å². The average molecular weight is 162 g/mol. The van der Waals surface area contributed by atoms with Crippen LogP contribution in [0.3, 0.4) is 0 Å². The molecule has 4 heteroatoms. The van der Waals surface area contributed by atoms with Crippen molar-refractivity contribution in [3.8, 4) is 0 Å². The van der Waals surface area contributed by atoms with Gasteiger partial charge < -0.3 is 4.98 Å². The highest BCUT2D eigenvalue weighted by Gasteiger charge is 2.24. The smallest absolute Gasteiger partial charge is 0.258 e. The summed E-state index contributed by atoms with van der Waals surface area (Å²) in [5.41, 5.74) is 0.579. The quantitative estimate of drug-likeness (QED) is 0.609. The molecule has 2 amide bonds. The molecule has 60 valence electrons. The lowest BCUT2D eigenvalue weighted by Gasteiger charge is -2.09. The van der Waals surface area contributed by atoms with Crippen LogP contribution in [0, 0.1) is 0 Å². The molecule has 0 spiro atoms. The molecule has 0 fully saturated rings. The van der Waals surface area contributed by atoms with Crippen LogP contribution in [0.5, 0.6) is 0 Å². The molecule has 0 bridgehead atoms. The maximum absolute atomic E-state index is 11.1. The summed E-state index contributed by atoms with van der Waals surface area (Å²) in [4.78, 5) is 26.1. The van der Waals surface area contributed by atoms with Crippen molar-refractivity contribution in [2.45, 2.75) is 0 Å². The van der Waals surface area contributed by atoms with Gasteiger partial charge in [0.25, 0.3) is 11.8 Å². The third-order valence-electron chi connectivity index (χ3n) is 1.65. The fourth-order valence-electron chi connectivity index (χ4n) is 1.11. The Hall–Kier alpha value is -1.84. The second kappa shape index (κ2) is 2.34. The zero-order valence-corrected chi connectivity index (χ0v) is 6.15. The van der Waals surface area contributed by atoms with Crippen LogP contribution in [0.1, 0.15) is 0 Å². The number of aromatic amines is 1. The Labute approximate surface area is 68.5 Å². The second-order valence-corrected chi connectivity index (χ2v) is 2.41. The number of H-pyrrole nitrogens is 1. The Balaban J connectivity index is 2.37. The van der Waals surface area contributed by atoms with Crippen LogP contribution in [0.2, 0.25) is 0 Å². The largest absolute Gasteiger partial charge is 0.366 e. The summed E-state index contributed by atoms with van der Waals surface area (Å²) in [7, 11) is 0. The first kappa shape index (κ1) is 6.84. The molecule has 0 unspecified atom stereocenters. The molecule has 0 aliphatic carbocycles. The van der Waals surface area contributed by atoms with Crippen molar-refractivity contribution in [2.24, 2.45) is 0 Å². The summed E-state index contributed by atoms with van der Waals surface area (Å²) in [6, 6.07) is 1.67. The van der Waals surface area contributed by atoms with E-state index in [1.165, 1.54) is 12.2 Å². The van der Waals surface area contributed by atoms with Crippen LogP contribution in [-0.4, -0.2) is 16.8 Å². The average Bonchev–Trinajstić information content (AvgIpc) is 2.61. The van der Waals surface area contributed by atoms with Gasteiger partial charge in [-0.25, -0.2) is 4.90 Å². The molecule has 0 atom stereocenters. The fraction of sp³-hybridized carbons (Fsp3) is 0. The zero-order chi connectivity index (χ0) is 8.55. The lowest BCUT2D eigenvalue weighted by Crippen LogP contribution is -2.28. The van der Waals surface area contributed by atoms with Gasteiger partial charge >= 0.3 is 0 Å². The van der Waals surface area contributed by atoms with Crippen molar-refractivity contribution < 1.29 is 9.59 Å². The van der Waals surface area contributed by atoms with Gasteiger partial charge in [0.1, 0.15) is 0 Å². The number of rotatable bonds is 1. The van der Waals surface area contributed by atoms with E-state index in [-0.39, 0.29) is 11.8 Å². The van der Waals surface area contributed by atoms with Gasteiger partial charge in [-0.05, 0) is 6.07 Å². The third kappa shape index (κ3) is 0.852. The first-order valence-corrected chi connectivity index (χ1v) is 3.48. The van der Waals surface area contributed by atoms with E-state index in [0.717, 1.165) is 4.90 Å². The maximum atomic E-state index is 11.1. The van der Waals surface area contributed by atoms with Crippen LogP contribution in [0.25, 0.3) is 0 Å². The summed E-state index contributed by atoms with van der Waals surface area (Å²) < 4.78 is 0. The normalized spacial score (nSPS) is 16.2. The van der Waals surface area contributed by atoms with Gasteiger partial charge in [0.15, 0.2) is 0 Å². The Morgan fingerprint density at radius 3 is 2.33 bits per heavy atom. The summed E-state index contributed by atoms with van der Waals surface area (Å²) in [5, 5.41) is 0. The van der Waals surface area contributed by atoms with Crippen molar-refractivity contribution in [1.29, 1.82) is 0 Å². The number of imide groups is 1. The van der Waals surface area contributed by atoms with E-state index in [1.807, 2.05) is 0 Å². The van der Waals surface area contributed by atoms with Gasteiger partial charge in [0.05, 0.1) is 5.69 Å². The van der Waals surface area contributed by atoms with Crippen molar-refractivity contribution in [2.75, 3.05) is 4.90 Å². The summed E-state index contributed by atoms with van der Waals surface area (Å²) >= 11 is 0. The number of nitrogens with one attached hydrogen (secondary N) is 1. The van der Waals surface area contributed by atoms with Crippen LogP contribution in [-0.2, 0) is 9.59 Å². The number of carbonyl (C=O) groups is 2. The minimum Gasteiger partial charge on any atom is -0.366 e. The molecular weight excluding hydrogens is 156 g/mol. The first-order valence-electron chi connectivity index (χ1n) is 3.48. The van der Waals surface area contributed by atoms with Gasteiger partial charge in [-0.3, -0.25) is 9.59 Å². The molecular formula is C8H6N2O2. The highest BCUT2D eigenvalue weighted by molar-refractivity contribution is 6.28. The van der Waals surface area contributed by atoms with E-state index in [1.54, 1.807) is 18.5 Å². The number of amides is 2. The van der Waals surface area contributed by atoms with Crippen LogP contribution < -0.4 is 4.90 Å². The number of anilines is 1. The van der Waals surface area contributed by atoms with E-state index < -0.39 is 0 Å². The van der Waals surface area contributed by atoms with Crippen LogP contribution >= 0.6 is 0 Å². The second-order valence-electron chi connectivity index (χ2n) is 2.41. The highest BCUT2D eigenvalue weighted by atomic mass is 16.2. The molecule has 0 saturated heterocycles. The molecule has 2 rings (SSSR count). The van der Waals surface area contributed by atoms with Crippen LogP contribution in [0.15, 0.2) is 30.6 Å². The molecule has 0 radical (unpaired) electrons. The molecule has 1 aromatic heterocycles. The Morgan fingerprint density at radius 2 is 1.83 bits per heavy atom.